The summed E-state index contributed by atoms with van der Waals surface area (Å²) in [5.74, 6) is 13.8. The zero-order valence-corrected chi connectivity index (χ0v) is 14.9. The van der Waals surface area contributed by atoms with E-state index in [2.05, 4.69) is 30.6 Å². The Kier molecular flexibility index (Phi) is 5.57. The van der Waals surface area contributed by atoms with Crippen LogP contribution in [0.15, 0.2) is 42.5 Å². The average molecular weight is 330 g/mol. The van der Waals surface area contributed by atoms with E-state index in [4.69, 9.17) is 0 Å². The highest BCUT2D eigenvalue weighted by Gasteiger charge is 2.15. The van der Waals surface area contributed by atoms with Crippen LogP contribution in [0.25, 0.3) is 0 Å². The number of hydrogen-bond acceptors (Lipinski definition) is 0. The largest absolute Gasteiger partial charge is 0.206 e. The van der Waals surface area contributed by atoms with Crippen molar-refractivity contribution in [1.29, 1.82) is 0 Å². The normalized spacial score (nSPS) is 19.3. The molecule has 0 amide bonds. The lowest BCUT2D eigenvalue weighted by Gasteiger charge is -2.21. The maximum Gasteiger partial charge on any atom is 0.139 e. The Labute approximate surface area is 150 Å². The minimum atomic E-state index is -0.267. The van der Waals surface area contributed by atoms with Crippen LogP contribution in [0.4, 0.5) is 4.39 Å². The molecular formula is C24H23F. The van der Waals surface area contributed by atoms with Crippen LogP contribution >= 0.6 is 0 Å². The molecule has 0 radical (unpaired) electrons. The quantitative estimate of drug-likeness (QED) is 0.543. The lowest BCUT2D eigenvalue weighted by atomic mass is 9.83. The summed E-state index contributed by atoms with van der Waals surface area (Å²) < 4.78 is 13.8. The van der Waals surface area contributed by atoms with Gasteiger partial charge in [0.15, 0.2) is 0 Å². The van der Waals surface area contributed by atoms with Crippen molar-refractivity contribution in [2.75, 3.05) is 0 Å². The molecule has 0 heterocycles. The van der Waals surface area contributed by atoms with Crippen LogP contribution < -0.4 is 0 Å². The summed E-state index contributed by atoms with van der Waals surface area (Å²) in [6, 6.07) is 13.0. The monoisotopic (exact) mass is 330 g/mol. The Morgan fingerprint density at radius 2 is 1.48 bits per heavy atom. The molecule has 1 fully saturated rings. The van der Waals surface area contributed by atoms with Gasteiger partial charge < -0.3 is 0 Å². The van der Waals surface area contributed by atoms with Crippen LogP contribution in [0.5, 0.6) is 0 Å². The van der Waals surface area contributed by atoms with Gasteiger partial charge in [0.2, 0.25) is 0 Å². The van der Waals surface area contributed by atoms with Crippen molar-refractivity contribution < 1.29 is 4.39 Å². The Morgan fingerprint density at radius 3 is 2.12 bits per heavy atom. The molecule has 126 valence electrons. The van der Waals surface area contributed by atoms with E-state index in [1.807, 2.05) is 37.3 Å². The number of rotatable bonds is 0. The van der Waals surface area contributed by atoms with Crippen LogP contribution in [-0.2, 0) is 0 Å². The van der Waals surface area contributed by atoms with Crippen LogP contribution in [0.3, 0.4) is 0 Å². The summed E-state index contributed by atoms with van der Waals surface area (Å²) >= 11 is 0. The Bertz CT molecular complexity index is 845. The van der Waals surface area contributed by atoms with Crippen molar-refractivity contribution >= 4 is 0 Å². The van der Waals surface area contributed by atoms with Crippen LogP contribution in [0.1, 0.15) is 54.9 Å². The highest BCUT2D eigenvalue weighted by molar-refractivity contribution is 5.46. The van der Waals surface area contributed by atoms with Gasteiger partial charge in [0.05, 0.1) is 5.56 Å². The summed E-state index contributed by atoms with van der Waals surface area (Å²) in [5, 5.41) is 0. The standard InChI is InChI=1S/C24H23F/c1-18-3-6-20(7-4-18)8-9-21-10-12-22(13-11-21)14-16-23-15-5-19(2)17-24(23)25/h5,10-13,15,17-18,20H,3-4,6-7H2,1-2H3. The maximum atomic E-state index is 13.8. The Hall–Kier alpha value is -2.51. The van der Waals surface area contributed by atoms with E-state index >= 15 is 0 Å². The van der Waals surface area contributed by atoms with Crippen molar-refractivity contribution in [3.05, 3.63) is 70.5 Å². The molecule has 0 bridgehead atoms. The third-order valence-corrected chi connectivity index (χ3v) is 4.79. The van der Waals surface area contributed by atoms with E-state index in [-0.39, 0.29) is 5.82 Å². The number of benzene rings is 2. The zero-order chi connectivity index (χ0) is 17.6. The molecule has 0 aliphatic heterocycles. The van der Waals surface area contributed by atoms with Crippen molar-refractivity contribution in [3.8, 4) is 23.7 Å². The van der Waals surface area contributed by atoms with Crippen molar-refractivity contribution in [3.63, 3.8) is 0 Å². The molecule has 1 aliphatic rings. The molecule has 1 saturated carbocycles. The third-order valence-electron chi connectivity index (χ3n) is 4.79. The zero-order valence-electron chi connectivity index (χ0n) is 14.9. The fraction of sp³-hybridized carbons (Fsp3) is 0.333. The molecule has 0 aromatic heterocycles. The third kappa shape index (κ3) is 4.98. The number of halogens is 1. The molecule has 0 nitrogen and oxygen atoms in total. The van der Waals surface area contributed by atoms with Gasteiger partial charge >= 0.3 is 0 Å². The second-order valence-electron chi connectivity index (χ2n) is 7.04. The number of aryl methyl sites for hydroxylation is 1. The molecule has 0 saturated heterocycles. The van der Waals surface area contributed by atoms with Gasteiger partial charge in [0.1, 0.15) is 5.82 Å². The fourth-order valence-corrected chi connectivity index (χ4v) is 3.09. The molecule has 2 aromatic carbocycles. The lowest BCUT2D eigenvalue weighted by molar-refractivity contribution is 0.337. The molecule has 0 unspecified atom stereocenters. The predicted octanol–water partition coefficient (Wildman–Crippen LogP) is 5.71. The van der Waals surface area contributed by atoms with Gasteiger partial charge in [0.25, 0.3) is 0 Å². The van der Waals surface area contributed by atoms with Crippen molar-refractivity contribution in [1.82, 2.24) is 0 Å². The number of hydrogen-bond donors (Lipinski definition) is 0. The molecule has 0 N–H and O–H groups in total. The van der Waals surface area contributed by atoms with Gasteiger partial charge in [-0.2, -0.15) is 0 Å². The van der Waals surface area contributed by atoms with E-state index in [0.717, 1.165) is 22.6 Å². The summed E-state index contributed by atoms with van der Waals surface area (Å²) in [7, 11) is 0. The molecule has 2 aromatic rings. The summed E-state index contributed by atoms with van der Waals surface area (Å²) in [4.78, 5) is 0. The first-order chi connectivity index (χ1) is 12.1. The van der Waals surface area contributed by atoms with E-state index < -0.39 is 0 Å². The van der Waals surface area contributed by atoms with Gasteiger partial charge in [-0.1, -0.05) is 36.7 Å². The van der Waals surface area contributed by atoms with Gasteiger partial charge in [0, 0.05) is 17.0 Å². The van der Waals surface area contributed by atoms with E-state index in [1.165, 1.54) is 31.7 Å². The first-order valence-corrected chi connectivity index (χ1v) is 9.00. The SMILES string of the molecule is Cc1ccc(C#Cc2ccc(C#CC3CCC(C)CC3)cc2)c(F)c1. The van der Waals surface area contributed by atoms with Gasteiger partial charge in [-0.15, -0.1) is 0 Å². The fourth-order valence-electron chi connectivity index (χ4n) is 3.09. The molecule has 25 heavy (non-hydrogen) atoms. The minimum absolute atomic E-state index is 0.267. The molecule has 1 heteroatoms. The molecule has 3 rings (SSSR count). The minimum Gasteiger partial charge on any atom is -0.206 e. The van der Waals surface area contributed by atoms with Gasteiger partial charge in [-0.25, -0.2) is 4.39 Å². The predicted molar refractivity (Wildman–Crippen MR) is 102 cm³/mol. The second-order valence-corrected chi connectivity index (χ2v) is 7.04. The van der Waals surface area contributed by atoms with Crippen LogP contribution in [0, 0.1) is 48.3 Å². The topological polar surface area (TPSA) is 0 Å². The summed E-state index contributed by atoms with van der Waals surface area (Å²) in [5.41, 5.74) is 3.22. The molecule has 1 aliphatic carbocycles. The van der Waals surface area contributed by atoms with Crippen molar-refractivity contribution in [2.45, 2.75) is 39.5 Å². The first kappa shape index (κ1) is 17.3. The highest BCUT2D eigenvalue weighted by Crippen LogP contribution is 2.27. The van der Waals surface area contributed by atoms with E-state index in [1.54, 1.807) is 6.07 Å². The molecular weight excluding hydrogens is 307 g/mol. The van der Waals surface area contributed by atoms with Crippen molar-refractivity contribution in [2.24, 2.45) is 11.8 Å². The maximum absolute atomic E-state index is 13.8. The van der Waals surface area contributed by atoms with Crippen LogP contribution in [-0.4, -0.2) is 0 Å². The van der Waals surface area contributed by atoms with E-state index in [9.17, 15) is 4.39 Å². The second kappa shape index (κ2) is 8.04. The summed E-state index contributed by atoms with van der Waals surface area (Å²) in [6.07, 6.45) is 5.03. The van der Waals surface area contributed by atoms with Gasteiger partial charge in [-0.3, -0.25) is 0 Å². The average Bonchev–Trinajstić information content (AvgIpc) is 2.61. The molecule has 0 spiro atoms. The van der Waals surface area contributed by atoms with Gasteiger partial charge in [-0.05, 0) is 80.5 Å². The highest BCUT2D eigenvalue weighted by atomic mass is 19.1. The first-order valence-electron chi connectivity index (χ1n) is 9.00. The summed E-state index contributed by atoms with van der Waals surface area (Å²) in [6.45, 7) is 4.19. The molecule has 0 atom stereocenters. The van der Waals surface area contributed by atoms with E-state index in [0.29, 0.717) is 11.5 Å². The van der Waals surface area contributed by atoms with Crippen LogP contribution in [0.2, 0.25) is 0 Å². The Balaban J connectivity index is 1.66. The smallest absolute Gasteiger partial charge is 0.139 e. The Morgan fingerprint density at radius 1 is 0.840 bits per heavy atom. The lowest BCUT2D eigenvalue weighted by Crippen LogP contribution is -2.10.